The summed E-state index contributed by atoms with van der Waals surface area (Å²) >= 11 is 1.63. The van der Waals surface area contributed by atoms with Gasteiger partial charge in [0.2, 0.25) is 0 Å². The Morgan fingerprint density at radius 1 is 1.24 bits per heavy atom. The summed E-state index contributed by atoms with van der Waals surface area (Å²) in [5.74, 6) is 1.69. The molecule has 3 atom stereocenters. The number of nitrogens with zero attached hydrogens (tertiary/aromatic N) is 2. The fraction of sp³-hybridized carbons (Fsp3) is 0.882. The smallest absolute Gasteiger partial charge is 0.0803 e. The van der Waals surface area contributed by atoms with Crippen molar-refractivity contribution in [1.29, 1.82) is 0 Å². The summed E-state index contributed by atoms with van der Waals surface area (Å²) in [5, 5.41) is 8.21. The molecule has 0 amide bonds. The molecule has 1 fully saturated rings. The highest BCUT2D eigenvalue weighted by Crippen LogP contribution is 2.40. The highest BCUT2D eigenvalue weighted by molar-refractivity contribution is 7.05. The molecule has 1 saturated carbocycles. The van der Waals surface area contributed by atoms with E-state index >= 15 is 0 Å². The Hall–Kier alpha value is -0.480. The van der Waals surface area contributed by atoms with Crippen LogP contribution >= 0.6 is 11.5 Å². The zero-order chi connectivity index (χ0) is 15.1. The number of hydrogen-bond donors (Lipinski definition) is 1. The van der Waals surface area contributed by atoms with E-state index in [-0.39, 0.29) is 0 Å². The van der Waals surface area contributed by atoms with Crippen LogP contribution in [-0.2, 0) is 6.42 Å². The SMILES string of the molecule is CCCNC(c1snnc1CCC)C1CCCC(CC)C1. The number of hydrogen-bond acceptors (Lipinski definition) is 4. The van der Waals surface area contributed by atoms with E-state index in [2.05, 4.69) is 35.7 Å². The third kappa shape index (κ3) is 4.49. The van der Waals surface area contributed by atoms with Crippen molar-refractivity contribution < 1.29 is 0 Å². The second kappa shape index (κ2) is 8.84. The van der Waals surface area contributed by atoms with Crippen molar-refractivity contribution in [2.24, 2.45) is 11.8 Å². The summed E-state index contributed by atoms with van der Waals surface area (Å²) in [4.78, 5) is 1.42. The second-order valence-electron chi connectivity index (χ2n) is 6.47. The van der Waals surface area contributed by atoms with E-state index in [9.17, 15) is 0 Å². The lowest BCUT2D eigenvalue weighted by atomic mass is 9.76. The predicted molar refractivity (Wildman–Crippen MR) is 90.7 cm³/mol. The van der Waals surface area contributed by atoms with Gasteiger partial charge in [0.05, 0.1) is 10.6 Å². The fourth-order valence-corrected chi connectivity index (χ4v) is 4.51. The maximum Gasteiger partial charge on any atom is 0.0803 e. The van der Waals surface area contributed by atoms with E-state index in [1.807, 2.05) is 0 Å². The van der Waals surface area contributed by atoms with E-state index in [0.29, 0.717) is 6.04 Å². The van der Waals surface area contributed by atoms with Crippen LogP contribution in [0.5, 0.6) is 0 Å². The van der Waals surface area contributed by atoms with E-state index < -0.39 is 0 Å². The van der Waals surface area contributed by atoms with Crippen LogP contribution in [-0.4, -0.2) is 16.1 Å². The van der Waals surface area contributed by atoms with E-state index in [1.54, 1.807) is 11.5 Å². The van der Waals surface area contributed by atoms with Gasteiger partial charge in [-0.05, 0) is 55.6 Å². The molecule has 4 heteroatoms. The van der Waals surface area contributed by atoms with Crippen molar-refractivity contribution in [2.45, 2.75) is 78.2 Å². The molecule has 0 saturated heterocycles. The molecule has 1 aliphatic rings. The largest absolute Gasteiger partial charge is 0.309 e. The van der Waals surface area contributed by atoms with Crippen molar-refractivity contribution in [3.05, 3.63) is 10.6 Å². The first-order valence-corrected chi connectivity index (χ1v) is 9.61. The molecule has 2 rings (SSSR count). The fourth-order valence-electron chi connectivity index (χ4n) is 3.64. The van der Waals surface area contributed by atoms with Crippen molar-refractivity contribution in [3.63, 3.8) is 0 Å². The molecule has 3 nitrogen and oxygen atoms in total. The monoisotopic (exact) mass is 309 g/mol. The molecule has 1 aromatic rings. The lowest BCUT2D eigenvalue weighted by Crippen LogP contribution is -2.32. The third-order valence-corrected chi connectivity index (χ3v) is 5.69. The molecular weight excluding hydrogens is 278 g/mol. The second-order valence-corrected chi connectivity index (χ2v) is 7.25. The van der Waals surface area contributed by atoms with Crippen molar-refractivity contribution in [3.8, 4) is 0 Å². The average Bonchev–Trinajstić information content (AvgIpc) is 2.97. The first-order chi connectivity index (χ1) is 10.3. The average molecular weight is 310 g/mol. The van der Waals surface area contributed by atoms with Crippen LogP contribution in [0.15, 0.2) is 0 Å². The molecule has 1 N–H and O–H groups in total. The van der Waals surface area contributed by atoms with E-state index in [4.69, 9.17) is 0 Å². The van der Waals surface area contributed by atoms with Gasteiger partial charge < -0.3 is 5.32 Å². The lowest BCUT2D eigenvalue weighted by Gasteiger charge is -2.34. The first-order valence-electron chi connectivity index (χ1n) is 8.84. The molecule has 0 bridgehead atoms. The summed E-state index contributed by atoms with van der Waals surface area (Å²) in [6, 6.07) is 0.487. The van der Waals surface area contributed by atoms with Crippen LogP contribution < -0.4 is 5.32 Å². The van der Waals surface area contributed by atoms with E-state index in [0.717, 1.165) is 31.2 Å². The first kappa shape index (κ1) is 16.9. The summed E-state index contributed by atoms with van der Waals surface area (Å²) < 4.78 is 4.26. The molecule has 1 aromatic heterocycles. The number of aryl methyl sites for hydroxylation is 1. The number of rotatable bonds is 8. The third-order valence-electron chi connectivity index (χ3n) is 4.84. The van der Waals surface area contributed by atoms with Crippen molar-refractivity contribution in [1.82, 2.24) is 14.9 Å². The van der Waals surface area contributed by atoms with Gasteiger partial charge in [-0.2, -0.15) is 0 Å². The Kier molecular flexibility index (Phi) is 7.11. The van der Waals surface area contributed by atoms with Gasteiger partial charge in [-0.15, -0.1) is 5.10 Å². The van der Waals surface area contributed by atoms with Crippen molar-refractivity contribution in [2.75, 3.05) is 6.54 Å². The zero-order valence-corrected chi connectivity index (χ0v) is 14.7. The minimum Gasteiger partial charge on any atom is -0.309 e. The molecule has 0 aromatic carbocycles. The maximum absolute atomic E-state index is 4.40. The van der Waals surface area contributed by atoms with Gasteiger partial charge in [0.1, 0.15) is 0 Å². The summed E-state index contributed by atoms with van der Waals surface area (Å²) in [7, 11) is 0. The number of aromatic nitrogens is 2. The predicted octanol–water partition coefficient (Wildman–Crippen LogP) is 4.75. The maximum atomic E-state index is 4.40. The summed E-state index contributed by atoms with van der Waals surface area (Å²) in [6.45, 7) is 7.92. The van der Waals surface area contributed by atoms with Crippen LogP contribution in [0.25, 0.3) is 0 Å². The van der Waals surface area contributed by atoms with Crippen LogP contribution in [0, 0.1) is 11.8 Å². The molecule has 3 unspecified atom stereocenters. The molecule has 1 heterocycles. The molecule has 0 spiro atoms. The van der Waals surface area contributed by atoms with Gasteiger partial charge in [-0.1, -0.05) is 50.9 Å². The minimum absolute atomic E-state index is 0.487. The summed E-state index contributed by atoms with van der Waals surface area (Å²) in [5.41, 5.74) is 1.25. The highest BCUT2D eigenvalue weighted by Gasteiger charge is 2.31. The topological polar surface area (TPSA) is 37.8 Å². The van der Waals surface area contributed by atoms with Gasteiger partial charge in [0.25, 0.3) is 0 Å². The van der Waals surface area contributed by atoms with Crippen LogP contribution in [0.3, 0.4) is 0 Å². The Bertz CT molecular complexity index is 404. The Labute approximate surface area is 134 Å². The molecule has 21 heavy (non-hydrogen) atoms. The normalized spacial score (nSPS) is 24.1. The molecule has 0 aliphatic heterocycles. The molecule has 1 aliphatic carbocycles. The van der Waals surface area contributed by atoms with Crippen LogP contribution in [0.1, 0.15) is 82.3 Å². The molecule has 120 valence electrons. The molecular formula is C17H31N3S. The highest BCUT2D eigenvalue weighted by atomic mass is 32.1. The van der Waals surface area contributed by atoms with Gasteiger partial charge in [0.15, 0.2) is 0 Å². The van der Waals surface area contributed by atoms with Gasteiger partial charge >= 0.3 is 0 Å². The zero-order valence-electron chi connectivity index (χ0n) is 13.9. The van der Waals surface area contributed by atoms with Crippen molar-refractivity contribution >= 4 is 11.5 Å². The Balaban J connectivity index is 2.14. The van der Waals surface area contributed by atoms with Gasteiger partial charge in [-0.3, -0.25) is 0 Å². The Morgan fingerprint density at radius 2 is 2.10 bits per heavy atom. The van der Waals surface area contributed by atoms with E-state index in [1.165, 1.54) is 49.1 Å². The van der Waals surface area contributed by atoms with Crippen LogP contribution in [0.4, 0.5) is 0 Å². The van der Waals surface area contributed by atoms with Gasteiger partial charge in [0, 0.05) is 6.04 Å². The number of nitrogens with one attached hydrogen (secondary N) is 1. The summed E-state index contributed by atoms with van der Waals surface area (Å²) in [6.07, 6.45) is 10.3. The van der Waals surface area contributed by atoms with Crippen LogP contribution in [0.2, 0.25) is 0 Å². The van der Waals surface area contributed by atoms with Gasteiger partial charge in [-0.25, -0.2) is 0 Å². The quantitative estimate of drug-likeness (QED) is 0.753. The Morgan fingerprint density at radius 3 is 2.81 bits per heavy atom. The minimum atomic E-state index is 0.487. The molecule has 0 radical (unpaired) electrons. The standard InChI is InChI=1S/C17H31N3S/c1-4-8-15-17(21-20-19-15)16(18-11-5-2)14-10-7-9-13(6-3)12-14/h13-14,16,18H,4-12H2,1-3H3. The lowest BCUT2D eigenvalue weighted by molar-refractivity contribution is 0.210.